The van der Waals surface area contributed by atoms with Gasteiger partial charge in [-0.25, -0.2) is 0 Å². The van der Waals surface area contributed by atoms with Crippen LogP contribution in [0, 0.1) is 11.3 Å². The molecule has 0 saturated heterocycles. The van der Waals surface area contributed by atoms with Crippen molar-refractivity contribution >= 4 is 0 Å². The summed E-state index contributed by atoms with van der Waals surface area (Å²) in [7, 11) is 0. The molecule has 0 spiro atoms. The van der Waals surface area contributed by atoms with Crippen molar-refractivity contribution in [2.75, 3.05) is 0 Å². The van der Waals surface area contributed by atoms with Crippen LogP contribution in [0.5, 0.6) is 0 Å². The Hall–Kier alpha value is -0.930. The van der Waals surface area contributed by atoms with Gasteiger partial charge in [-0.3, -0.25) is 4.98 Å². The smallest absolute Gasteiger partial charge is 0.0991 e. The molecular weight excluding hydrogens is 248 g/mol. The first-order valence-corrected chi connectivity index (χ1v) is 7.68. The third kappa shape index (κ3) is 4.03. The zero-order valence-electron chi connectivity index (χ0n) is 13.2. The second-order valence-electron chi connectivity index (χ2n) is 7.24. The van der Waals surface area contributed by atoms with E-state index in [9.17, 15) is 0 Å². The van der Waals surface area contributed by atoms with E-state index in [1.807, 2.05) is 19.2 Å². The molecule has 3 nitrogen and oxygen atoms in total. The van der Waals surface area contributed by atoms with Crippen molar-refractivity contribution in [2.24, 2.45) is 17.1 Å². The van der Waals surface area contributed by atoms with Gasteiger partial charge in [0.15, 0.2) is 0 Å². The van der Waals surface area contributed by atoms with Crippen molar-refractivity contribution in [1.29, 1.82) is 0 Å². The summed E-state index contributed by atoms with van der Waals surface area (Å²) >= 11 is 0. The summed E-state index contributed by atoms with van der Waals surface area (Å²) in [6.45, 7) is 9.01. The van der Waals surface area contributed by atoms with Crippen LogP contribution in [0.4, 0.5) is 0 Å². The lowest BCUT2D eigenvalue weighted by Gasteiger charge is -2.40. The molecule has 0 amide bonds. The molecule has 2 N–H and O–H groups in total. The minimum atomic E-state index is -0.0604. The lowest BCUT2D eigenvalue weighted by atomic mass is 9.71. The van der Waals surface area contributed by atoms with Crippen LogP contribution < -0.4 is 5.73 Å². The molecular formula is C17H28N2O. The number of nitrogens with zero attached hydrogens (tertiary/aromatic N) is 1. The van der Waals surface area contributed by atoms with E-state index in [1.54, 1.807) is 6.20 Å². The standard InChI is InChI=1S/C17H28N2O/c1-12-8-15(10-17(3,4)9-12)20-16(13(2)18)14-6-5-7-19-11-14/h5-7,11-13,15-16H,8-10,18H2,1-4H3. The molecule has 2 rings (SSSR count). The van der Waals surface area contributed by atoms with E-state index in [0.717, 1.165) is 18.4 Å². The van der Waals surface area contributed by atoms with Crippen LogP contribution in [0.15, 0.2) is 24.5 Å². The zero-order chi connectivity index (χ0) is 14.8. The Morgan fingerprint density at radius 1 is 1.40 bits per heavy atom. The number of nitrogens with two attached hydrogens (primary N) is 1. The molecule has 4 unspecified atom stereocenters. The fraction of sp³-hybridized carbons (Fsp3) is 0.706. The molecule has 3 heteroatoms. The van der Waals surface area contributed by atoms with Crippen LogP contribution in [0.2, 0.25) is 0 Å². The molecule has 1 aromatic heterocycles. The maximum atomic E-state index is 6.38. The molecule has 1 aromatic rings. The molecule has 0 radical (unpaired) electrons. The van der Waals surface area contributed by atoms with Gasteiger partial charge in [0.2, 0.25) is 0 Å². The number of ether oxygens (including phenoxy) is 1. The average molecular weight is 276 g/mol. The lowest BCUT2D eigenvalue weighted by molar-refractivity contribution is -0.0739. The van der Waals surface area contributed by atoms with Gasteiger partial charge in [0.05, 0.1) is 12.2 Å². The Labute approximate surface area is 122 Å². The summed E-state index contributed by atoms with van der Waals surface area (Å²) in [6, 6.07) is 3.97. The fourth-order valence-electron chi connectivity index (χ4n) is 3.62. The van der Waals surface area contributed by atoms with Gasteiger partial charge in [-0.05, 0) is 43.6 Å². The highest BCUT2D eigenvalue weighted by Crippen LogP contribution is 2.41. The molecule has 1 aliphatic rings. The summed E-state index contributed by atoms with van der Waals surface area (Å²) < 4.78 is 6.38. The Morgan fingerprint density at radius 3 is 2.70 bits per heavy atom. The van der Waals surface area contributed by atoms with Crippen molar-refractivity contribution in [3.63, 3.8) is 0 Å². The second kappa shape index (κ2) is 6.23. The average Bonchev–Trinajstić information content (AvgIpc) is 2.34. The van der Waals surface area contributed by atoms with Gasteiger partial charge in [0.25, 0.3) is 0 Å². The molecule has 20 heavy (non-hydrogen) atoms. The normalized spacial score (nSPS) is 28.9. The largest absolute Gasteiger partial charge is 0.369 e. The van der Waals surface area contributed by atoms with Crippen LogP contribution in [0.1, 0.15) is 58.6 Å². The maximum absolute atomic E-state index is 6.38. The molecule has 0 aromatic carbocycles. The third-order valence-corrected chi connectivity index (χ3v) is 4.18. The van der Waals surface area contributed by atoms with Crippen LogP contribution in [-0.2, 0) is 4.74 Å². The summed E-state index contributed by atoms with van der Waals surface area (Å²) in [6.07, 6.45) is 7.41. The van der Waals surface area contributed by atoms with Gasteiger partial charge in [0.1, 0.15) is 0 Å². The molecule has 4 atom stereocenters. The van der Waals surface area contributed by atoms with E-state index in [0.29, 0.717) is 17.4 Å². The van der Waals surface area contributed by atoms with E-state index < -0.39 is 0 Å². The number of hydrogen-bond donors (Lipinski definition) is 1. The van der Waals surface area contributed by atoms with Crippen molar-refractivity contribution < 1.29 is 4.74 Å². The van der Waals surface area contributed by atoms with E-state index in [-0.39, 0.29) is 12.1 Å². The van der Waals surface area contributed by atoms with Crippen molar-refractivity contribution in [1.82, 2.24) is 4.98 Å². The van der Waals surface area contributed by atoms with E-state index >= 15 is 0 Å². The molecule has 0 aliphatic heterocycles. The van der Waals surface area contributed by atoms with E-state index in [2.05, 4.69) is 31.8 Å². The summed E-state index contributed by atoms with van der Waals surface area (Å²) in [5.74, 6) is 0.714. The number of rotatable bonds is 4. The van der Waals surface area contributed by atoms with Gasteiger partial charge < -0.3 is 10.5 Å². The summed E-state index contributed by atoms with van der Waals surface area (Å²) in [5, 5.41) is 0. The first-order valence-electron chi connectivity index (χ1n) is 7.68. The number of hydrogen-bond acceptors (Lipinski definition) is 3. The molecule has 112 valence electrons. The number of aromatic nitrogens is 1. The molecule has 1 heterocycles. The summed E-state index contributed by atoms with van der Waals surface area (Å²) in [5.41, 5.74) is 7.58. The minimum absolute atomic E-state index is 0.0282. The quantitative estimate of drug-likeness (QED) is 0.912. The van der Waals surface area contributed by atoms with Crippen molar-refractivity contribution in [2.45, 2.75) is 65.2 Å². The summed E-state index contributed by atoms with van der Waals surface area (Å²) in [4.78, 5) is 4.19. The minimum Gasteiger partial charge on any atom is -0.369 e. The van der Waals surface area contributed by atoms with Gasteiger partial charge >= 0.3 is 0 Å². The van der Waals surface area contributed by atoms with Crippen LogP contribution in [0.25, 0.3) is 0 Å². The number of pyridine rings is 1. The van der Waals surface area contributed by atoms with Crippen LogP contribution in [-0.4, -0.2) is 17.1 Å². The fourth-order valence-corrected chi connectivity index (χ4v) is 3.62. The van der Waals surface area contributed by atoms with Crippen molar-refractivity contribution in [3.05, 3.63) is 30.1 Å². The van der Waals surface area contributed by atoms with Gasteiger partial charge in [-0.2, -0.15) is 0 Å². The van der Waals surface area contributed by atoms with Gasteiger partial charge in [-0.15, -0.1) is 0 Å². The molecule has 1 aliphatic carbocycles. The Morgan fingerprint density at radius 2 is 2.15 bits per heavy atom. The van der Waals surface area contributed by atoms with E-state index in [1.165, 1.54) is 6.42 Å². The van der Waals surface area contributed by atoms with E-state index in [4.69, 9.17) is 10.5 Å². The first kappa shape index (κ1) is 15.5. The first-order chi connectivity index (χ1) is 9.37. The Bertz CT molecular complexity index is 416. The van der Waals surface area contributed by atoms with Crippen LogP contribution in [0.3, 0.4) is 0 Å². The van der Waals surface area contributed by atoms with Crippen LogP contribution >= 0.6 is 0 Å². The highest BCUT2D eigenvalue weighted by Gasteiger charge is 2.34. The predicted molar refractivity (Wildman–Crippen MR) is 82.3 cm³/mol. The highest BCUT2D eigenvalue weighted by atomic mass is 16.5. The SMILES string of the molecule is CC1CC(OC(c2cccnc2)C(C)N)CC(C)(C)C1. The second-order valence-corrected chi connectivity index (χ2v) is 7.24. The third-order valence-electron chi connectivity index (χ3n) is 4.18. The Kier molecular flexibility index (Phi) is 4.82. The van der Waals surface area contributed by atoms with Gasteiger partial charge in [0, 0.05) is 24.0 Å². The molecule has 0 bridgehead atoms. The van der Waals surface area contributed by atoms with Gasteiger partial charge in [-0.1, -0.05) is 26.8 Å². The maximum Gasteiger partial charge on any atom is 0.0991 e. The van der Waals surface area contributed by atoms with Crippen molar-refractivity contribution in [3.8, 4) is 0 Å². The molecule has 1 saturated carbocycles. The predicted octanol–water partition coefficient (Wildman–Crippen LogP) is 3.70. The monoisotopic (exact) mass is 276 g/mol. The Balaban J connectivity index is 2.09. The highest BCUT2D eigenvalue weighted by molar-refractivity contribution is 5.14. The topological polar surface area (TPSA) is 48.1 Å². The molecule has 1 fully saturated rings. The lowest BCUT2D eigenvalue weighted by Crippen LogP contribution is -2.37. The zero-order valence-corrected chi connectivity index (χ0v) is 13.2.